The van der Waals surface area contributed by atoms with Crippen LogP contribution in [-0.2, 0) is 23.4 Å². The third-order valence-electron chi connectivity index (χ3n) is 12.4. The Hall–Kier alpha value is -4.61. The van der Waals surface area contributed by atoms with E-state index < -0.39 is 8.32 Å². The van der Waals surface area contributed by atoms with Crippen LogP contribution >= 0.6 is 0 Å². The molecule has 2 aromatic rings. The summed E-state index contributed by atoms with van der Waals surface area (Å²) in [5.74, 6) is 0.623. The molecule has 0 aromatic heterocycles. The van der Waals surface area contributed by atoms with Gasteiger partial charge in [0.2, 0.25) is 5.91 Å². The Kier molecular flexibility index (Phi) is 20.2. The van der Waals surface area contributed by atoms with E-state index in [0.29, 0.717) is 99.4 Å². The second-order valence-corrected chi connectivity index (χ2v) is 23.5. The highest BCUT2D eigenvalue weighted by Gasteiger charge is 2.40. The summed E-state index contributed by atoms with van der Waals surface area (Å²) < 4.78 is 41.1. The van der Waals surface area contributed by atoms with Crippen molar-refractivity contribution in [3.05, 3.63) is 65.3 Å². The minimum absolute atomic E-state index is 0.0460. The van der Waals surface area contributed by atoms with Crippen LogP contribution in [0.3, 0.4) is 0 Å². The molecule has 15 nitrogen and oxygen atoms in total. The zero-order valence-electron chi connectivity index (χ0n) is 40.6. The normalized spacial score (nSPS) is 17.1. The van der Waals surface area contributed by atoms with Crippen molar-refractivity contribution in [1.82, 2.24) is 15.1 Å². The zero-order valence-corrected chi connectivity index (χ0v) is 41.6. The number of carbonyl (C=O) groups is 3. The van der Waals surface area contributed by atoms with Gasteiger partial charge in [-0.25, -0.2) is 0 Å². The maximum Gasteiger partial charge on any atom is 0.256 e. The van der Waals surface area contributed by atoms with Gasteiger partial charge in [-0.15, -0.1) is 0 Å². The Balaban J connectivity index is 1.40. The fraction of sp³-hybridized carbons (Fsp3) is 0.612. The summed E-state index contributed by atoms with van der Waals surface area (Å²) in [6.07, 6.45) is 4.01. The molecule has 362 valence electrons. The third kappa shape index (κ3) is 15.2. The van der Waals surface area contributed by atoms with E-state index in [4.69, 9.17) is 44.3 Å². The molecule has 0 aliphatic carbocycles. The van der Waals surface area contributed by atoms with Crippen LogP contribution in [0.5, 0.6) is 17.2 Å². The number of benzene rings is 2. The van der Waals surface area contributed by atoms with Crippen LogP contribution in [0.4, 0.5) is 11.4 Å². The summed E-state index contributed by atoms with van der Waals surface area (Å²) >= 11 is 0. The molecule has 2 heterocycles. The summed E-state index contributed by atoms with van der Waals surface area (Å²) in [5, 5.41) is 3.10. The van der Waals surface area contributed by atoms with Crippen molar-refractivity contribution < 1.29 is 47.2 Å². The molecule has 3 amide bonds. The number of likely N-dealkylation sites (tertiary alicyclic amines) is 2. The Morgan fingerprint density at radius 2 is 1.29 bits per heavy atom. The average Bonchev–Trinajstić information content (AvgIpc) is 3.83. The molecule has 2 aliphatic rings. The maximum atomic E-state index is 14.0. The van der Waals surface area contributed by atoms with Crippen molar-refractivity contribution in [2.24, 2.45) is 0 Å². The van der Waals surface area contributed by atoms with Gasteiger partial charge in [0.15, 0.2) is 19.8 Å². The first-order chi connectivity index (χ1) is 30.8. The van der Waals surface area contributed by atoms with E-state index in [1.807, 2.05) is 23.6 Å². The van der Waals surface area contributed by atoms with E-state index in [1.54, 1.807) is 24.3 Å². The van der Waals surface area contributed by atoms with Crippen LogP contribution in [0.1, 0.15) is 99.4 Å². The molecule has 16 heteroatoms. The molecule has 1 unspecified atom stereocenters. The smallest absolute Gasteiger partial charge is 0.256 e. The number of ether oxygens (including phenoxy) is 6. The number of anilines is 2. The van der Waals surface area contributed by atoms with Gasteiger partial charge in [-0.3, -0.25) is 14.4 Å². The average molecular weight is 924 g/mol. The van der Waals surface area contributed by atoms with Crippen molar-refractivity contribution in [3.8, 4) is 17.2 Å². The molecule has 2 aromatic carbocycles. The van der Waals surface area contributed by atoms with Crippen molar-refractivity contribution in [1.29, 1.82) is 0 Å². The van der Waals surface area contributed by atoms with Crippen LogP contribution in [0.2, 0.25) is 18.1 Å². The number of hydrogen-bond acceptors (Lipinski definition) is 12. The lowest BCUT2D eigenvalue weighted by atomic mass is 10.1. The van der Waals surface area contributed by atoms with Gasteiger partial charge in [-0.05, 0) is 68.4 Å². The largest absolute Gasteiger partial charge is 0.493 e. The number of rotatable bonds is 26. The molecule has 5 N–H and O–H groups in total. The number of hydrogen-bond donors (Lipinski definition) is 3. The summed E-state index contributed by atoms with van der Waals surface area (Å²) in [7, 11) is -0.523. The first kappa shape index (κ1) is 53.0. The molecule has 0 bridgehead atoms. The van der Waals surface area contributed by atoms with Gasteiger partial charge in [0, 0.05) is 68.1 Å². The minimum atomic E-state index is -2.03. The molecule has 0 spiro atoms. The van der Waals surface area contributed by atoms with Crippen molar-refractivity contribution in [3.63, 3.8) is 0 Å². The van der Waals surface area contributed by atoms with Gasteiger partial charge in [0.05, 0.1) is 70.5 Å². The number of nitrogens with two attached hydrogens (primary N) is 2. The Labute approximate surface area is 388 Å². The van der Waals surface area contributed by atoms with Crippen LogP contribution in [0.15, 0.2) is 48.6 Å². The summed E-state index contributed by atoms with van der Waals surface area (Å²) in [4.78, 5) is 44.3. The standard InChI is InChI=1S/C49H77N5O10Si/c1-12-16-59-19-20-60-21-22-61-32-46(55)52-36(15-18-63-45-28-42(51)40(26-44(45)58-9)48(57)53-29-33(3)23-37(53)13-2)14-17-62-43-27-41(50)39(25-35(43)5)47(56)54-30-34(4)24-38(54)31-64-65(10,11)49(6,7)8/h25-28,36-38H,3-4,12-24,29-32,50-51H2,1-2,5-11H3,(H,52,55)/t36?,37-,38+/m1/s1. The topological polar surface area (TPSA) is 186 Å². The predicted octanol–water partition coefficient (Wildman–Crippen LogP) is 7.32. The van der Waals surface area contributed by atoms with Crippen LogP contribution in [0.25, 0.3) is 0 Å². The van der Waals surface area contributed by atoms with E-state index in [-0.39, 0.29) is 73.0 Å². The van der Waals surface area contributed by atoms with Crippen LogP contribution in [0, 0.1) is 6.92 Å². The van der Waals surface area contributed by atoms with Gasteiger partial charge < -0.3 is 59.4 Å². The maximum absolute atomic E-state index is 14.0. The molecular formula is C49H77N5O10Si. The minimum Gasteiger partial charge on any atom is -0.493 e. The summed E-state index contributed by atoms with van der Waals surface area (Å²) in [6.45, 7) is 29.1. The lowest BCUT2D eigenvalue weighted by Gasteiger charge is -2.38. The molecule has 2 aliphatic heterocycles. The quantitative estimate of drug-likeness (QED) is 0.0370. The molecule has 0 saturated carbocycles. The number of nitrogens with zero attached hydrogens (tertiary/aromatic N) is 2. The van der Waals surface area contributed by atoms with Crippen molar-refractivity contribution >= 4 is 37.4 Å². The Morgan fingerprint density at radius 3 is 1.86 bits per heavy atom. The number of nitrogens with one attached hydrogen (secondary N) is 1. The molecule has 0 radical (unpaired) electrons. The number of methoxy groups -OCH3 is 1. The van der Waals surface area contributed by atoms with E-state index >= 15 is 0 Å². The van der Waals surface area contributed by atoms with E-state index in [0.717, 1.165) is 36.0 Å². The predicted molar refractivity (Wildman–Crippen MR) is 259 cm³/mol. The third-order valence-corrected chi connectivity index (χ3v) is 16.9. The highest BCUT2D eigenvalue weighted by Crippen LogP contribution is 2.38. The van der Waals surface area contributed by atoms with Gasteiger partial charge in [-0.2, -0.15) is 0 Å². The van der Waals surface area contributed by atoms with E-state index in [9.17, 15) is 14.4 Å². The SMILES string of the molecule is C=C1C[C@@H](CC)N(C(=O)c2cc(OC)c(OCCC(CCOc3cc(N)c(C(=O)N4CC(=C)C[C@H]4CO[Si](C)(C)C(C)(C)C)cc3C)NC(=O)COCCOCCOCCC)cc2N)C1. The van der Waals surface area contributed by atoms with Gasteiger partial charge in [0.1, 0.15) is 12.4 Å². The monoisotopic (exact) mass is 924 g/mol. The van der Waals surface area contributed by atoms with Gasteiger partial charge in [-0.1, -0.05) is 58.9 Å². The molecule has 3 atom stereocenters. The lowest BCUT2D eigenvalue weighted by Crippen LogP contribution is -2.46. The second kappa shape index (κ2) is 24.8. The number of aryl methyl sites for hydroxylation is 1. The molecule has 65 heavy (non-hydrogen) atoms. The molecular weight excluding hydrogens is 847 g/mol. The number of nitrogen functional groups attached to an aromatic ring is 2. The first-order valence-corrected chi connectivity index (χ1v) is 26.0. The second-order valence-electron chi connectivity index (χ2n) is 18.7. The molecule has 2 saturated heterocycles. The Morgan fingerprint density at radius 1 is 0.769 bits per heavy atom. The molecule has 4 rings (SSSR count). The number of carbonyl (C=O) groups excluding carboxylic acids is 3. The number of amides is 3. The van der Waals surface area contributed by atoms with Crippen LogP contribution in [-0.4, -0.2) is 134 Å². The van der Waals surface area contributed by atoms with Gasteiger partial charge in [0.25, 0.3) is 11.8 Å². The molecule has 2 fully saturated rings. The summed E-state index contributed by atoms with van der Waals surface area (Å²) in [5.41, 5.74) is 17.1. The van der Waals surface area contributed by atoms with E-state index in [1.165, 1.54) is 7.11 Å². The fourth-order valence-corrected chi connectivity index (χ4v) is 8.62. The van der Waals surface area contributed by atoms with Crippen molar-refractivity contribution in [2.45, 2.75) is 116 Å². The highest BCUT2D eigenvalue weighted by atomic mass is 28.4. The zero-order chi connectivity index (χ0) is 47.9. The van der Waals surface area contributed by atoms with E-state index in [2.05, 4.69) is 59.3 Å². The Bertz CT molecular complexity index is 1950. The highest BCUT2D eigenvalue weighted by molar-refractivity contribution is 6.74. The summed E-state index contributed by atoms with van der Waals surface area (Å²) in [6, 6.07) is 6.24. The van der Waals surface area contributed by atoms with Crippen molar-refractivity contribution in [2.75, 3.05) is 91.1 Å². The van der Waals surface area contributed by atoms with Crippen LogP contribution < -0.4 is 31.0 Å². The fourth-order valence-electron chi connectivity index (χ4n) is 7.58. The first-order valence-electron chi connectivity index (χ1n) is 23.0. The lowest BCUT2D eigenvalue weighted by molar-refractivity contribution is -0.127. The van der Waals surface area contributed by atoms with Gasteiger partial charge >= 0.3 is 0 Å².